The van der Waals surface area contributed by atoms with Crippen LogP contribution in [0.3, 0.4) is 0 Å². The van der Waals surface area contributed by atoms with E-state index in [0.717, 1.165) is 45.3 Å². The first-order valence-corrected chi connectivity index (χ1v) is 18.1. The number of ether oxygens (including phenoxy) is 1. The second-order valence-corrected chi connectivity index (χ2v) is 13.2. The second kappa shape index (κ2) is 18.8. The van der Waals surface area contributed by atoms with Crippen molar-refractivity contribution in [2.45, 2.75) is 52.3 Å². The van der Waals surface area contributed by atoms with E-state index < -0.39 is 0 Å². The molecule has 3 N–H and O–H groups in total. The number of carbonyl (C=O) groups excluding carboxylic acids is 2. The van der Waals surface area contributed by atoms with Gasteiger partial charge in [0.2, 0.25) is 0 Å². The molecule has 5 aromatic heterocycles. The Morgan fingerprint density at radius 1 is 0.732 bits per heavy atom. The highest BCUT2D eigenvalue weighted by Crippen LogP contribution is 2.29. The lowest BCUT2D eigenvalue weighted by Gasteiger charge is -2.14. The molecule has 288 valence electrons. The van der Waals surface area contributed by atoms with Crippen LogP contribution in [0, 0.1) is 0 Å². The summed E-state index contributed by atoms with van der Waals surface area (Å²) in [6.45, 7) is 8.68. The molecule has 56 heavy (non-hydrogen) atoms. The minimum absolute atomic E-state index is 0. The van der Waals surface area contributed by atoms with Gasteiger partial charge in [-0.05, 0) is 75.7 Å². The summed E-state index contributed by atoms with van der Waals surface area (Å²) in [7, 11) is 0. The fourth-order valence-electron chi connectivity index (χ4n) is 6.07. The largest absolute Gasteiger partial charge is 1.00 e. The molecule has 0 spiro atoms. The number of benzene rings is 3. The lowest BCUT2D eigenvalue weighted by Crippen LogP contribution is -3.00. The van der Waals surface area contributed by atoms with Crippen LogP contribution in [0.25, 0.3) is 44.5 Å². The molecule has 0 amide bonds. The van der Waals surface area contributed by atoms with Gasteiger partial charge in [0, 0.05) is 70.8 Å². The zero-order valence-corrected chi connectivity index (χ0v) is 32.6. The van der Waals surface area contributed by atoms with Gasteiger partial charge < -0.3 is 22.3 Å². The number of H-pyrrole nitrogens is 2. The maximum absolute atomic E-state index is 11.6. The van der Waals surface area contributed by atoms with Crippen molar-refractivity contribution in [3.63, 3.8) is 0 Å². The number of halogens is 2. The summed E-state index contributed by atoms with van der Waals surface area (Å²) in [5.41, 5.74) is 7.89. The highest BCUT2D eigenvalue weighted by Gasteiger charge is 2.16. The maximum Gasteiger partial charge on any atom is 0.156 e. The van der Waals surface area contributed by atoms with Crippen molar-refractivity contribution < 1.29 is 31.8 Å². The van der Waals surface area contributed by atoms with Gasteiger partial charge in [0.05, 0.1) is 28.2 Å². The first kappa shape index (κ1) is 40.9. The molecule has 0 radical (unpaired) electrons. The molecule has 5 heterocycles. The Balaban J connectivity index is 0.000000175. The van der Waals surface area contributed by atoms with Crippen LogP contribution in [-0.4, -0.2) is 62.6 Å². The molecule has 0 fully saturated rings. The standard InChI is InChI=1S/C20H19N5O2.C13H15ClN2.C8H6N2O2.ClH/c1-13(2)25-17(7-9-23-25)20-15(4-3-8-21-20)12-27-18-6-5-14-10-22-24-19(14)16(18)11-26;1-10(2)16-13(7-8-15-16)12-6-4-3-5-11(12)9-14;11-4-6-7(12)2-1-5-3-9-10-8(5)6;/h3-11,13H,12H2,1-2H3,(H,22,24);3-8,10H,9H2,1-2H3;1-4,12H,(H,9,10);1H/p-1. The number of hydrogen-bond donors (Lipinski definition) is 3. The van der Waals surface area contributed by atoms with Gasteiger partial charge in [-0.15, -0.1) is 11.6 Å². The van der Waals surface area contributed by atoms with E-state index in [1.165, 1.54) is 11.6 Å². The molecule has 0 saturated heterocycles. The summed E-state index contributed by atoms with van der Waals surface area (Å²) < 4.78 is 9.92. The van der Waals surface area contributed by atoms with Gasteiger partial charge in [0.15, 0.2) is 12.6 Å². The number of aldehydes is 2. The Kier molecular flexibility index (Phi) is 13.7. The summed E-state index contributed by atoms with van der Waals surface area (Å²) in [6.07, 6.45) is 10.1. The first-order valence-electron chi connectivity index (χ1n) is 17.6. The number of aromatic hydroxyl groups is 1. The highest BCUT2D eigenvalue weighted by atomic mass is 35.5. The van der Waals surface area contributed by atoms with E-state index in [-0.39, 0.29) is 36.4 Å². The van der Waals surface area contributed by atoms with Crippen molar-refractivity contribution >= 4 is 46.0 Å². The van der Waals surface area contributed by atoms with Crippen molar-refractivity contribution in [1.82, 2.24) is 44.9 Å². The minimum Gasteiger partial charge on any atom is -1.00 e. The monoisotopic (exact) mass is 792 g/mol. The number of aromatic nitrogens is 9. The molecule has 0 aliphatic heterocycles. The molecule has 0 aliphatic carbocycles. The van der Waals surface area contributed by atoms with Gasteiger partial charge >= 0.3 is 0 Å². The van der Waals surface area contributed by atoms with E-state index >= 15 is 0 Å². The number of fused-ring (bicyclic) bond motifs is 2. The van der Waals surface area contributed by atoms with E-state index in [4.69, 9.17) is 16.3 Å². The molecular formula is C41H40Cl2N9O4-. The number of phenolic OH excluding ortho intramolecular Hbond substituents is 1. The fraction of sp³-hybridized carbons (Fsp3) is 0.195. The van der Waals surface area contributed by atoms with Crippen LogP contribution in [0.1, 0.15) is 71.6 Å². The molecule has 8 aromatic rings. The summed E-state index contributed by atoms with van der Waals surface area (Å²) in [5.74, 6) is 0.987. The Hall–Kier alpha value is -6.31. The van der Waals surface area contributed by atoms with E-state index in [9.17, 15) is 14.7 Å². The van der Waals surface area contributed by atoms with Crippen LogP contribution in [0.4, 0.5) is 0 Å². The number of pyridine rings is 1. The number of carbonyl (C=O) groups is 2. The van der Waals surface area contributed by atoms with Gasteiger partial charge in [0.1, 0.15) is 29.1 Å². The highest BCUT2D eigenvalue weighted by molar-refractivity contribution is 6.17. The van der Waals surface area contributed by atoms with Gasteiger partial charge in [-0.25, -0.2) is 0 Å². The van der Waals surface area contributed by atoms with Crippen LogP contribution in [0.2, 0.25) is 0 Å². The number of alkyl halides is 1. The summed E-state index contributed by atoms with van der Waals surface area (Å²) >= 11 is 5.95. The van der Waals surface area contributed by atoms with Gasteiger partial charge in [-0.1, -0.05) is 30.3 Å². The predicted molar refractivity (Wildman–Crippen MR) is 212 cm³/mol. The third-order valence-corrected chi connectivity index (χ3v) is 9.02. The van der Waals surface area contributed by atoms with E-state index in [2.05, 4.69) is 75.4 Å². The van der Waals surface area contributed by atoms with Crippen LogP contribution in [-0.2, 0) is 12.5 Å². The first-order chi connectivity index (χ1) is 26.7. The smallest absolute Gasteiger partial charge is 0.156 e. The average Bonchev–Trinajstić information content (AvgIpc) is 4.04. The number of hydrogen-bond acceptors (Lipinski definition) is 9. The van der Waals surface area contributed by atoms with E-state index in [1.54, 1.807) is 36.9 Å². The third kappa shape index (κ3) is 8.80. The average molecular weight is 794 g/mol. The van der Waals surface area contributed by atoms with Crippen molar-refractivity contribution in [2.24, 2.45) is 0 Å². The van der Waals surface area contributed by atoms with E-state index in [0.29, 0.717) is 40.6 Å². The molecule has 0 atom stereocenters. The Morgan fingerprint density at radius 3 is 1.96 bits per heavy atom. The van der Waals surface area contributed by atoms with Crippen LogP contribution in [0.15, 0.2) is 104 Å². The quantitative estimate of drug-likeness (QED) is 0.115. The van der Waals surface area contributed by atoms with Crippen LogP contribution >= 0.6 is 11.6 Å². The van der Waals surface area contributed by atoms with E-state index in [1.807, 2.05) is 58.0 Å². The Morgan fingerprint density at radius 2 is 1.32 bits per heavy atom. The zero-order chi connectivity index (χ0) is 38.9. The maximum atomic E-state index is 11.6. The van der Waals surface area contributed by atoms with Crippen molar-refractivity contribution in [3.8, 4) is 34.1 Å². The van der Waals surface area contributed by atoms with Crippen LogP contribution in [0.5, 0.6) is 11.5 Å². The van der Waals surface area contributed by atoms with Gasteiger partial charge in [0.25, 0.3) is 0 Å². The third-order valence-electron chi connectivity index (χ3n) is 8.74. The van der Waals surface area contributed by atoms with Gasteiger partial charge in [-0.2, -0.15) is 20.4 Å². The predicted octanol–water partition coefficient (Wildman–Crippen LogP) is 5.75. The normalized spacial score (nSPS) is 10.8. The number of nitrogens with zero attached hydrogens (tertiary/aromatic N) is 7. The lowest BCUT2D eigenvalue weighted by molar-refractivity contribution is -0.0000260. The molecule has 8 rings (SSSR count). The number of rotatable bonds is 10. The summed E-state index contributed by atoms with van der Waals surface area (Å²) in [6, 6.07) is 23.4. The number of aromatic amines is 2. The molecule has 0 aliphatic rings. The topological polar surface area (TPSA) is 169 Å². The molecule has 13 nitrogen and oxygen atoms in total. The van der Waals surface area contributed by atoms with Gasteiger partial charge in [-0.3, -0.25) is 34.1 Å². The molecule has 0 unspecified atom stereocenters. The lowest BCUT2D eigenvalue weighted by atomic mass is 10.1. The zero-order valence-electron chi connectivity index (χ0n) is 31.1. The second-order valence-electron chi connectivity index (χ2n) is 13.0. The fourth-order valence-corrected chi connectivity index (χ4v) is 6.31. The molecule has 0 saturated carbocycles. The Labute approximate surface area is 334 Å². The summed E-state index contributed by atoms with van der Waals surface area (Å²) in [4.78, 5) is 26.6. The SMILES string of the molecule is CC(C)n1nccc1-c1ccccc1CCl.CC(C)n1nccc1-c1ncccc1COc1ccc2c[nH]nc2c1C=O.O=Cc1c(O)ccc2c[nH]nc12.[Cl-]. The minimum atomic E-state index is -0.0374. The van der Waals surface area contributed by atoms with Crippen LogP contribution < -0.4 is 17.1 Å². The van der Waals surface area contributed by atoms with Crippen molar-refractivity contribution in [1.29, 1.82) is 0 Å². The Bertz CT molecular complexity index is 2540. The number of phenols is 1. The number of nitrogens with one attached hydrogen (secondary N) is 2. The molecule has 15 heteroatoms. The molecule has 0 bridgehead atoms. The molecular weight excluding hydrogens is 753 g/mol. The van der Waals surface area contributed by atoms with Crippen molar-refractivity contribution in [3.05, 3.63) is 126 Å². The van der Waals surface area contributed by atoms with Crippen molar-refractivity contribution in [2.75, 3.05) is 0 Å². The molecule has 3 aromatic carbocycles. The summed E-state index contributed by atoms with van der Waals surface area (Å²) in [5, 5.41) is 33.0.